The highest BCUT2D eigenvalue weighted by Gasteiger charge is 2.04. The number of ether oxygens (including phenoxy) is 2. The van der Waals surface area contributed by atoms with E-state index in [1.807, 2.05) is 0 Å². The number of hydrogen-bond acceptors (Lipinski definition) is 2. The minimum Gasteiger partial charge on any atom is -0.493 e. The summed E-state index contributed by atoms with van der Waals surface area (Å²) in [4.78, 5) is 0. The van der Waals surface area contributed by atoms with E-state index in [-0.39, 0.29) is 0 Å². The van der Waals surface area contributed by atoms with Gasteiger partial charge in [-0.15, -0.1) is 0 Å². The summed E-state index contributed by atoms with van der Waals surface area (Å²) in [5.41, 5.74) is 1.20. The summed E-state index contributed by atoms with van der Waals surface area (Å²) in [6.07, 6.45) is 60.3. The molecule has 56 heavy (non-hydrogen) atoms. The van der Waals surface area contributed by atoms with Crippen molar-refractivity contribution < 1.29 is 9.47 Å². The minimum atomic E-state index is 0.770. The number of unbranched alkanes of at least 4 members (excludes halogenated alkanes) is 40. The maximum Gasteiger partial charge on any atom is 0.123 e. The Morgan fingerprint density at radius 3 is 0.679 bits per heavy atom. The second kappa shape index (κ2) is 44.9. The fourth-order valence-electron chi connectivity index (χ4n) is 8.39. The highest BCUT2D eigenvalue weighted by atomic mass is 16.5. The molecule has 0 fully saturated rings. The molecule has 0 unspecified atom stereocenters. The molecule has 0 aromatic heterocycles. The molecule has 0 spiro atoms. The third-order valence-electron chi connectivity index (χ3n) is 12.3. The van der Waals surface area contributed by atoms with Crippen molar-refractivity contribution >= 4 is 0 Å². The van der Waals surface area contributed by atoms with E-state index >= 15 is 0 Å². The quantitative estimate of drug-likeness (QED) is 0.0613. The third-order valence-corrected chi connectivity index (χ3v) is 12.3. The standard InChI is InChI=1S/C54H101O2/c1-4-7-9-11-13-15-17-19-21-23-25-27-29-31-33-35-37-39-41-43-45-47-55-53-49-52(6-3)50-54(51-53)56-48-46-44-42-40-38-36-34-32-30-28-26-24-22-20-18-16-14-12-10-8-5-2/h49-51H,3-48H2,1-2H3. The van der Waals surface area contributed by atoms with Crippen LogP contribution in [0.15, 0.2) is 18.2 Å². The van der Waals surface area contributed by atoms with Crippen LogP contribution < -0.4 is 9.47 Å². The summed E-state index contributed by atoms with van der Waals surface area (Å²) in [6.45, 7) is 10.3. The molecule has 1 radical (unpaired) electrons. The summed E-state index contributed by atoms with van der Waals surface area (Å²) < 4.78 is 12.3. The van der Waals surface area contributed by atoms with Gasteiger partial charge in [-0.25, -0.2) is 0 Å². The molecule has 0 bridgehead atoms. The van der Waals surface area contributed by atoms with Gasteiger partial charge in [-0.1, -0.05) is 271 Å². The van der Waals surface area contributed by atoms with Gasteiger partial charge in [-0.3, -0.25) is 0 Å². The second-order valence-electron chi connectivity index (χ2n) is 17.9. The Morgan fingerprint density at radius 1 is 0.286 bits per heavy atom. The fourth-order valence-corrected chi connectivity index (χ4v) is 8.39. The predicted octanol–water partition coefficient (Wildman–Crippen LogP) is 19.2. The van der Waals surface area contributed by atoms with Gasteiger partial charge in [-0.05, 0) is 43.9 Å². The van der Waals surface area contributed by atoms with E-state index in [0.717, 1.165) is 44.0 Å². The summed E-state index contributed by atoms with van der Waals surface area (Å²) in [5.74, 6) is 1.90. The summed E-state index contributed by atoms with van der Waals surface area (Å²) in [6, 6.07) is 6.39. The lowest BCUT2D eigenvalue weighted by atomic mass is 10.0. The molecule has 1 aromatic carbocycles. The van der Waals surface area contributed by atoms with Gasteiger partial charge in [0, 0.05) is 6.07 Å². The fraction of sp³-hybridized carbons (Fsp3) is 0.870. The van der Waals surface area contributed by atoms with Gasteiger partial charge in [-0.2, -0.15) is 0 Å². The third kappa shape index (κ3) is 38.3. The molecule has 0 N–H and O–H groups in total. The minimum absolute atomic E-state index is 0.770. The summed E-state index contributed by atoms with van der Waals surface area (Å²) in [5, 5.41) is 0. The molecule has 0 amide bonds. The van der Waals surface area contributed by atoms with Gasteiger partial charge >= 0.3 is 0 Å². The van der Waals surface area contributed by atoms with Crippen molar-refractivity contribution in [2.24, 2.45) is 0 Å². The highest BCUT2D eigenvalue weighted by Crippen LogP contribution is 2.25. The number of rotatable bonds is 47. The van der Waals surface area contributed by atoms with E-state index in [4.69, 9.17) is 9.47 Å². The SMILES string of the molecule is [CH2]Cc1cc(OCCCCCCCCCCCCCCCCCCCCCCC)cc(OCCCCCCCCCCCCCCCCCCCCCCC)c1. The van der Waals surface area contributed by atoms with E-state index in [0.29, 0.717) is 0 Å². The molecule has 1 aromatic rings. The molecular formula is C54H101O2. The van der Waals surface area contributed by atoms with E-state index in [2.05, 4.69) is 39.0 Å². The molecule has 0 aliphatic carbocycles. The molecular weight excluding hydrogens is 681 g/mol. The van der Waals surface area contributed by atoms with E-state index in [9.17, 15) is 0 Å². The zero-order chi connectivity index (χ0) is 40.1. The molecule has 1 rings (SSSR count). The first-order valence-electron chi connectivity index (χ1n) is 26.0. The molecule has 0 heterocycles. The maximum atomic E-state index is 6.17. The Balaban J connectivity index is 1.87. The van der Waals surface area contributed by atoms with Crippen molar-refractivity contribution in [3.8, 4) is 11.5 Å². The number of benzene rings is 1. The summed E-state index contributed by atoms with van der Waals surface area (Å²) in [7, 11) is 0. The van der Waals surface area contributed by atoms with Gasteiger partial charge in [0.05, 0.1) is 13.2 Å². The average molecular weight is 782 g/mol. The van der Waals surface area contributed by atoms with Crippen LogP contribution in [0.5, 0.6) is 11.5 Å². The van der Waals surface area contributed by atoms with Gasteiger partial charge in [0.2, 0.25) is 0 Å². The van der Waals surface area contributed by atoms with Crippen molar-refractivity contribution in [3.63, 3.8) is 0 Å². The lowest BCUT2D eigenvalue weighted by Crippen LogP contribution is -2.01. The van der Waals surface area contributed by atoms with Crippen molar-refractivity contribution in [1.82, 2.24) is 0 Å². The largest absolute Gasteiger partial charge is 0.493 e. The lowest BCUT2D eigenvalue weighted by molar-refractivity contribution is 0.289. The molecule has 0 saturated carbocycles. The molecule has 0 atom stereocenters. The maximum absolute atomic E-state index is 6.17. The first kappa shape index (κ1) is 52.8. The topological polar surface area (TPSA) is 18.5 Å². The van der Waals surface area contributed by atoms with Crippen LogP contribution in [-0.2, 0) is 6.42 Å². The highest BCUT2D eigenvalue weighted by molar-refractivity contribution is 5.38. The first-order valence-corrected chi connectivity index (χ1v) is 26.0. The van der Waals surface area contributed by atoms with Crippen molar-refractivity contribution in [2.75, 3.05) is 13.2 Å². The predicted molar refractivity (Wildman–Crippen MR) is 252 cm³/mol. The van der Waals surface area contributed by atoms with Crippen molar-refractivity contribution in [1.29, 1.82) is 0 Å². The van der Waals surface area contributed by atoms with E-state index in [1.165, 1.54) is 262 Å². The normalized spacial score (nSPS) is 11.5. The summed E-state index contributed by atoms with van der Waals surface area (Å²) >= 11 is 0. The van der Waals surface area contributed by atoms with Crippen LogP contribution in [0.25, 0.3) is 0 Å². The Labute approximate surface area is 353 Å². The molecule has 0 saturated heterocycles. The zero-order valence-electron chi connectivity index (χ0n) is 38.6. The lowest BCUT2D eigenvalue weighted by Gasteiger charge is -2.12. The molecule has 329 valence electrons. The Hall–Kier alpha value is -1.18. The Morgan fingerprint density at radius 2 is 0.482 bits per heavy atom. The van der Waals surface area contributed by atoms with Gasteiger partial charge in [0.25, 0.3) is 0 Å². The van der Waals surface area contributed by atoms with Crippen LogP contribution in [0.2, 0.25) is 0 Å². The van der Waals surface area contributed by atoms with Crippen LogP contribution in [0.4, 0.5) is 0 Å². The second-order valence-corrected chi connectivity index (χ2v) is 17.9. The van der Waals surface area contributed by atoms with Crippen LogP contribution in [0, 0.1) is 6.92 Å². The van der Waals surface area contributed by atoms with Crippen LogP contribution >= 0.6 is 0 Å². The van der Waals surface area contributed by atoms with Crippen LogP contribution in [0.1, 0.15) is 289 Å². The number of hydrogen-bond donors (Lipinski definition) is 0. The van der Waals surface area contributed by atoms with E-state index in [1.54, 1.807) is 0 Å². The first-order chi connectivity index (χ1) is 27.8. The van der Waals surface area contributed by atoms with Gasteiger partial charge in [0.15, 0.2) is 0 Å². The smallest absolute Gasteiger partial charge is 0.123 e. The average Bonchev–Trinajstić information content (AvgIpc) is 3.21. The van der Waals surface area contributed by atoms with Gasteiger partial charge < -0.3 is 9.47 Å². The molecule has 2 heteroatoms. The van der Waals surface area contributed by atoms with Crippen molar-refractivity contribution in [2.45, 2.75) is 290 Å². The zero-order valence-corrected chi connectivity index (χ0v) is 38.6. The van der Waals surface area contributed by atoms with Crippen LogP contribution in [-0.4, -0.2) is 13.2 Å². The van der Waals surface area contributed by atoms with Gasteiger partial charge in [0.1, 0.15) is 11.5 Å². The molecule has 0 aliphatic heterocycles. The molecule has 2 nitrogen and oxygen atoms in total. The Kier molecular flexibility index (Phi) is 42.4. The van der Waals surface area contributed by atoms with Crippen LogP contribution in [0.3, 0.4) is 0 Å². The van der Waals surface area contributed by atoms with Crippen molar-refractivity contribution in [3.05, 3.63) is 30.7 Å². The monoisotopic (exact) mass is 782 g/mol. The Bertz CT molecular complexity index is 813. The van der Waals surface area contributed by atoms with E-state index < -0.39 is 0 Å². The molecule has 0 aliphatic rings.